The highest BCUT2D eigenvalue weighted by Gasteiger charge is 2.11. The molecule has 0 saturated heterocycles. The van der Waals surface area contributed by atoms with Gasteiger partial charge in [-0.25, -0.2) is 0 Å². The van der Waals surface area contributed by atoms with Crippen molar-refractivity contribution < 1.29 is 4.92 Å². The molecule has 1 aromatic carbocycles. The van der Waals surface area contributed by atoms with Crippen molar-refractivity contribution in [1.29, 1.82) is 0 Å². The van der Waals surface area contributed by atoms with Crippen molar-refractivity contribution in [2.24, 2.45) is 5.41 Å². The first-order chi connectivity index (χ1) is 7.79. The third-order valence-electron chi connectivity index (χ3n) is 2.35. The Hall–Kier alpha value is -1.10. The average molecular weight is 301 g/mol. The number of rotatable bonds is 4. The summed E-state index contributed by atoms with van der Waals surface area (Å²) in [6.45, 7) is 7.39. The van der Waals surface area contributed by atoms with Crippen LogP contribution in [-0.4, -0.2) is 11.5 Å². The molecule has 5 heteroatoms. The fourth-order valence-electron chi connectivity index (χ4n) is 1.33. The summed E-state index contributed by atoms with van der Waals surface area (Å²) in [6, 6.07) is 4.74. The summed E-state index contributed by atoms with van der Waals surface area (Å²) in [5.41, 5.74) is 1.26. The maximum absolute atomic E-state index is 10.6. The van der Waals surface area contributed by atoms with Crippen molar-refractivity contribution in [1.82, 2.24) is 0 Å². The lowest BCUT2D eigenvalue weighted by atomic mass is 9.92. The third-order valence-corrected chi connectivity index (χ3v) is 3.01. The number of halogens is 1. The van der Waals surface area contributed by atoms with Gasteiger partial charge < -0.3 is 5.32 Å². The molecule has 1 rings (SSSR count). The van der Waals surface area contributed by atoms with Gasteiger partial charge in [0.15, 0.2) is 0 Å². The number of nitro groups is 1. The first-order valence-corrected chi connectivity index (χ1v) is 6.27. The predicted molar refractivity (Wildman–Crippen MR) is 73.4 cm³/mol. The lowest BCUT2D eigenvalue weighted by Crippen LogP contribution is -2.13. The van der Waals surface area contributed by atoms with Crippen molar-refractivity contribution in [3.8, 4) is 0 Å². The minimum atomic E-state index is -0.399. The number of nitro benzene ring substituents is 1. The van der Waals surface area contributed by atoms with Gasteiger partial charge in [0.25, 0.3) is 5.69 Å². The summed E-state index contributed by atoms with van der Waals surface area (Å²) in [5, 5.41) is 13.8. The molecule has 94 valence electrons. The van der Waals surface area contributed by atoms with Crippen LogP contribution in [0.1, 0.15) is 27.2 Å². The Balaban J connectivity index is 2.64. The number of anilines is 1. The highest BCUT2D eigenvalue weighted by Crippen LogP contribution is 2.27. The zero-order valence-electron chi connectivity index (χ0n) is 10.3. The second-order valence-corrected chi connectivity index (χ2v) is 6.01. The molecule has 1 N–H and O–H groups in total. The fraction of sp³-hybridized carbons (Fsp3) is 0.500. The topological polar surface area (TPSA) is 55.2 Å². The Kier molecular flexibility index (Phi) is 4.51. The van der Waals surface area contributed by atoms with Gasteiger partial charge in [0.05, 0.1) is 4.92 Å². The van der Waals surface area contributed by atoms with Crippen molar-refractivity contribution in [3.05, 3.63) is 32.8 Å². The van der Waals surface area contributed by atoms with Crippen LogP contribution >= 0.6 is 15.9 Å². The Morgan fingerprint density at radius 2 is 2.06 bits per heavy atom. The molecule has 0 fully saturated rings. The van der Waals surface area contributed by atoms with E-state index >= 15 is 0 Å². The van der Waals surface area contributed by atoms with E-state index in [2.05, 4.69) is 42.0 Å². The number of nitrogens with one attached hydrogen (secondary N) is 1. The van der Waals surface area contributed by atoms with Crippen molar-refractivity contribution >= 4 is 27.3 Å². The second kappa shape index (κ2) is 5.49. The largest absolute Gasteiger partial charge is 0.384 e. The molecule has 0 aromatic heterocycles. The minimum absolute atomic E-state index is 0.0956. The van der Waals surface area contributed by atoms with Gasteiger partial charge in [0.1, 0.15) is 0 Å². The van der Waals surface area contributed by atoms with E-state index in [0.717, 1.165) is 23.1 Å². The van der Waals surface area contributed by atoms with Crippen LogP contribution in [0.25, 0.3) is 0 Å². The maximum Gasteiger partial charge on any atom is 0.270 e. The Labute approximate surface area is 110 Å². The molecule has 0 saturated carbocycles. The SMILES string of the molecule is CC(C)(C)CCNc1ccc([N+](=O)[O-])cc1Br. The molecule has 0 atom stereocenters. The number of non-ortho nitro benzene ring substituents is 1. The molecular weight excluding hydrogens is 284 g/mol. The van der Waals surface area contributed by atoms with Gasteiger partial charge in [-0.3, -0.25) is 10.1 Å². The molecule has 0 radical (unpaired) electrons. The van der Waals surface area contributed by atoms with Crippen LogP contribution in [0.4, 0.5) is 11.4 Å². The fourth-order valence-corrected chi connectivity index (χ4v) is 1.84. The van der Waals surface area contributed by atoms with E-state index in [1.165, 1.54) is 12.1 Å². The second-order valence-electron chi connectivity index (χ2n) is 5.16. The molecular formula is C12H17BrN2O2. The predicted octanol–water partition coefficient (Wildman–Crippen LogP) is 4.21. The van der Waals surface area contributed by atoms with Gasteiger partial charge in [-0.1, -0.05) is 20.8 Å². The Bertz CT molecular complexity index is 413. The summed E-state index contributed by atoms with van der Waals surface area (Å²) in [6.07, 6.45) is 1.04. The van der Waals surface area contributed by atoms with E-state index in [4.69, 9.17) is 0 Å². The number of nitrogens with zero attached hydrogens (tertiary/aromatic N) is 1. The zero-order chi connectivity index (χ0) is 13.1. The van der Waals surface area contributed by atoms with Crippen LogP contribution in [0.2, 0.25) is 0 Å². The van der Waals surface area contributed by atoms with E-state index < -0.39 is 4.92 Å². The quantitative estimate of drug-likeness (QED) is 0.669. The van der Waals surface area contributed by atoms with E-state index in [1.54, 1.807) is 6.07 Å². The summed E-state index contributed by atoms with van der Waals surface area (Å²) in [5.74, 6) is 0. The van der Waals surface area contributed by atoms with E-state index in [-0.39, 0.29) is 11.1 Å². The highest BCUT2D eigenvalue weighted by molar-refractivity contribution is 9.10. The van der Waals surface area contributed by atoms with Crippen molar-refractivity contribution in [2.45, 2.75) is 27.2 Å². The number of benzene rings is 1. The lowest BCUT2D eigenvalue weighted by molar-refractivity contribution is -0.384. The molecule has 4 nitrogen and oxygen atoms in total. The van der Waals surface area contributed by atoms with E-state index in [9.17, 15) is 10.1 Å². The Morgan fingerprint density at radius 1 is 1.41 bits per heavy atom. The average Bonchev–Trinajstić information content (AvgIpc) is 2.18. The summed E-state index contributed by atoms with van der Waals surface area (Å²) in [4.78, 5) is 10.2. The highest BCUT2D eigenvalue weighted by atomic mass is 79.9. The van der Waals surface area contributed by atoms with Gasteiger partial charge in [-0.15, -0.1) is 0 Å². The monoisotopic (exact) mass is 300 g/mol. The summed E-state index contributed by atoms with van der Waals surface area (Å²) in [7, 11) is 0. The molecule has 0 heterocycles. The van der Waals surface area contributed by atoms with Gasteiger partial charge in [0, 0.05) is 28.8 Å². The van der Waals surface area contributed by atoms with E-state index in [1.807, 2.05) is 0 Å². The normalized spacial score (nSPS) is 11.3. The molecule has 0 aliphatic heterocycles. The van der Waals surface area contributed by atoms with Crippen molar-refractivity contribution in [2.75, 3.05) is 11.9 Å². The van der Waals surface area contributed by atoms with Crippen LogP contribution < -0.4 is 5.32 Å². The van der Waals surface area contributed by atoms with Gasteiger partial charge in [-0.2, -0.15) is 0 Å². The zero-order valence-corrected chi connectivity index (χ0v) is 11.9. The van der Waals surface area contributed by atoms with Gasteiger partial charge in [0.2, 0.25) is 0 Å². The van der Waals surface area contributed by atoms with Gasteiger partial charge in [-0.05, 0) is 33.8 Å². The number of hydrogen-bond acceptors (Lipinski definition) is 3. The van der Waals surface area contributed by atoms with Crippen LogP contribution in [0, 0.1) is 15.5 Å². The first kappa shape index (κ1) is 14.0. The first-order valence-electron chi connectivity index (χ1n) is 5.47. The molecule has 17 heavy (non-hydrogen) atoms. The smallest absolute Gasteiger partial charge is 0.270 e. The summed E-state index contributed by atoms with van der Waals surface area (Å²) >= 11 is 3.33. The maximum atomic E-state index is 10.6. The number of hydrogen-bond donors (Lipinski definition) is 1. The molecule has 0 amide bonds. The standard InChI is InChI=1S/C12H17BrN2O2/c1-12(2,3)6-7-14-11-5-4-9(15(16)17)8-10(11)13/h4-5,8,14H,6-7H2,1-3H3. The van der Waals surface area contributed by atoms with Gasteiger partial charge >= 0.3 is 0 Å². The van der Waals surface area contributed by atoms with E-state index in [0.29, 0.717) is 0 Å². The summed E-state index contributed by atoms with van der Waals surface area (Å²) < 4.78 is 0.723. The van der Waals surface area contributed by atoms with Crippen LogP contribution in [0.15, 0.2) is 22.7 Å². The molecule has 0 bridgehead atoms. The molecule has 0 spiro atoms. The molecule has 0 aliphatic rings. The minimum Gasteiger partial charge on any atom is -0.384 e. The van der Waals surface area contributed by atoms with Crippen LogP contribution in [-0.2, 0) is 0 Å². The van der Waals surface area contributed by atoms with Crippen LogP contribution in [0.5, 0.6) is 0 Å². The molecule has 0 unspecified atom stereocenters. The van der Waals surface area contributed by atoms with Crippen molar-refractivity contribution in [3.63, 3.8) is 0 Å². The Morgan fingerprint density at radius 3 is 2.53 bits per heavy atom. The third kappa shape index (κ3) is 4.73. The van der Waals surface area contributed by atoms with Crippen LogP contribution in [0.3, 0.4) is 0 Å². The lowest BCUT2D eigenvalue weighted by Gasteiger charge is -2.18. The molecule has 0 aliphatic carbocycles. The molecule has 1 aromatic rings.